The van der Waals surface area contributed by atoms with Crippen molar-refractivity contribution in [2.45, 2.75) is 39.5 Å². The molecule has 0 atom stereocenters. The molecule has 174 valence electrons. The van der Waals surface area contributed by atoms with Crippen molar-refractivity contribution in [2.24, 2.45) is 0 Å². The molecule has 0 saturated heterocycles. The molecule has 2 aromatic heterocycles. The Balaban J connectivity index is 1.52. The topological polar surface area (TPSA) is 76.8 Å². The van der Waals surface area contributed by atoms with Gasteiger partial charge in [0.1, 0.15) is 10.3 Å². The summed E-state index contributed by atoms with van der Waals surface area (Å²) in [4.78, 5) is 33.5. The van der Waals surface area contributed by atoms with Gasteiger partial charge in [0.15, 0.2) is 5.82 Å². The second-order valence-electron chi connectivity index (χ2n) is 8.30. The van der Waals surface area contributed by atoms with Crippen LogP contribution in [0.2, 0.25) is 0 Å². The highest BCUT2D eigenvalue weighted by Crippen LogP contribution is 2.35. The standard InChI is InChI=1S/C26H26N4O3S/c1-3-5-15-29-20-10-8-7-9-19(20)21(24(29)31)22-25(32)30-26(34-22)27-23(28-30)17-11-13-18(14-12-17)33-16-6-4-2/h7-14H,3-6,15-16H2,1-2H3. The minimum atomic E-state index is -0.311. The lowest BCUT2D eigenvalue weighted by Crippen LogP contribution is -2.33. The van der Waals surface area contributed by atoms with Gasteiger partial charge in [-0.1, -0.05) is 56.2 Å². The van der Waals surface area contributed by atoms with E-state index in [4.69, 9.17) is 4.74 Å². The van der Waals surface area contributed by atoms with Crippen LogP contribution in [0.1, 0.15) is 45.1 Å². The number of amides is 1. The number of aromatic nitrogens is 3. The summed E-state index contributed by atoms with van der Waals surface area (Å²) in [5.74, 6) is 1.14. The van der Waals surface area contributed by atoms with Crippen LogP contribution in [-0.2, 0) is 4.79 Å². The van der Waals surface area contributed by atoms with E-state index in [0.717, 1.165) is 48.2 Å². The minimum Gasteiger partial charge on any atom is -0.494 e. The zero-order valence-corrected chi connectivity index (χ0v) is 20.1. The van der Waals surface area contributed by atoms with E-state index in [9.17, 15) is 9.59 Å². The third kappa shape index (κ3) is 3.88. The minimum absolute atomic E-state index is 0.130. The number of hydrogen-bond donors (Lipinski definition) is 0. The van der Waals surface area contributed by atoms with Gasteiger partial charge in [-0.05, 0) is 43.2 Å². The van der Waals surface area contributed by atoms with Crippen LogP contribution in [0, 0.1) is 0 Å². The molecule has 34 heavy (non-hydrogen) atoms. The summed E-state index contributed by atoms with van der Waals surface area (Å²) < 4.78 is 7.40. The lowest BCUT2D eigenvalue weighted by Gasteiger charge is -2.16. The number of carbonyl (C=O) groups excluding carboxylic acids is 1. The number of rotatable bonds is 8. The van der Waals surface area contributed by atoms with Crippen LogP contribution in [-0.4, -0.2) is 33.7 Å². The van der Waals surface area contributed by atoms with E-state index in [1.165, 1.54) is 15.9 Å². The Hall–Kier alpha value is -3.52. The molecule has 4 aromatic rings. The fraction of sp³-hybridized carbons (Fsp3) is 0.308. The van der Waals surface area contributed by atoms with E-state index < -0.39 is 0 Å². The number of fused-ring (bicyclic) bond motifs is 2. The van der Waals surface area contributed by atoms with Crippen LogP contribution in [0.3, 0.4) is 0 Å². The molecule has 0 bridgehead atoms. The molecular weight excluding hydrogens is 448 g/mol. The van der Waals surface area contributed by atoms with E-state index in [1.807, 2.05) is 48.5 Å². The number of carbonyl (C=O) groups is 1. The molecule has 1 aliphatic rings. The Morgan fingerprint density at radius 1 is 0.971 bits per heavy atom. The summed E-state index contributed by atoms with van der Waals surface area (Å²) in [7, 11) is 0. The molecule has 8 heteroatoms. The predicted octanol–water partition coefficient (Wildman–Crippen LogP) is 4.06. The summed E-state index contributed by atoms with van der Waals surface area (Å²) in [6, 6.07) is 15.2. The Labute approximate surface area is 201 Å². The zero-order valence-electron chi connectivity index (χ0n) is 19.3. The predicted molar refractivity (Wildman–Crippen MR) is 134 cm³/mol. The van der Waals surface area contributed by atoms with Gasteiger partial charge in [-0.25, -0.2) is 0 Å². The maximum atomic E-state index is 13.3. The highest BCUT2D eigenvalue weighted by molar-refractivity contribution is 7.15. The highest BCUT2D eigenvalue weighted by Gasteiger charge is 2.33. The average Bonchev–Trinajstić information content (AvgIpc) is 3.49. The molecule has 1 aliphatic heterocycles. The van der Waals surface area contributed by atoms with Crippen molar-refractivity contribution in [3.63, 3.8) is 0 Å². The van der Waals surface area contributed by atoms with Crippen molar-refractivity contribution in [2.75, 3.05) is 18.1 Å². The SMILES string of the molecule is CCCCOc1ccc(-c2nc3sc(=C4C(=O)N(CCCC)c5ccccc54)c(=O)n3n2)cc1. The first kappa shape index (κ1) is 22.3. The first-order valence-corrected chi connectivity index (χ1v) is 12.5. The molecule has 7 nitrogen and oxygen atoms in total. The van der Waals surface area contributed by atoms with Crippen LogP contribution in [0.5, 0.6) is 5.75 Å². The number of para-hydroxylation sites is 1. The van der Waals surface area contributed by atoms with Crippen molar-refractivity contribution in [3.05, 3.63) is 69.0 Å². The van der Waals surface area contributed by atoms with Gasteiger partial charge in [-0.3, -0.25) is 9.59 Å². The van der Waals surface area contributed by atoms with Gasteiger partial charge in [0.2, 0.25) is 4.96 Å². The zero-order chi connectivity index (χ0) is 23.7. The fourth-order valence-electron chi connectivity index (χ4n) is 4.08. The molecule has 0 spiro atoms. The second-order valence-corrected chi connectivity index (χ2v) is 9.27. The smallest absolute Gasteiger partial charge is 0.291 e. The third-order valence-corrected chi connectivity index (χ3v) is 6.95. The van der Waals surface area contributed by atoms with Gasteiger partial charge in [0.05, 0.1) is 17.9 Å². The molecule has 2 aromatic carbocycles. The normalized spacial score (nSPS) is 14.8. The molecule has 0 aliphatic carbocycles. The summed E-state index contributed by atoms with van der Waals surface area (Å²) in [6.07, 6.45) is 3.98. The molecule has 0 saturated carbocycles. The lowest BCUT2D eigenvalue weighted by molar-refractivity contribution is -0.113. The van der Waals surface area contributed by atoms with Crippen molar-refractivity contribution in [1.29, 1.82) is 0 Å². The summed E-state index contributed by atoms with van der Waals surface area (Å²) in [5.41, 5.74) is 2.60. The fourth-order valence-corrected chi connectivity index (χ4v) is 5.08. The van der Waals surface area contributed by atoms with E-state index in [0.29, 0.717) is 34.0 Å². The Morgan fingerprint density at radius 3 is 2.47 bits per heavy atom. The number of anilines is 1. The number of nitrogens with zero attached hydrogens (tertiary/aromatic N) is 4. The van der Waals surface area contributed by atoms with Gasteiger partial charge in [-0.2, -0.15) is 9.50 Å². The van der Waals surface area contributed by atoms with Crippen LogP contribution >= 0.6 is 11.3 Å². The molecule has 5 rings (SSSR count). The third-order valence-electron chi connectivity index (χ3n) is 5.92. The van der Waals surface area contributed by atoms with Crippen molar-refractivity contribution in [1.82, 2.24) is 14.6 Å². The Kier molecular flexibility index (Phi) is 6.15. The van der Waals surface area contributed by atoms with Crippen LogP contribution < -0.4 is 19.7 Å². The molecular formula is C26H26N4O3S. The summed E-state index contributed by atoms with van der Waals surface area (Å²) in [6.45, 7) is 5.54. The van der Waals surface area contributed by atoms with Crippen molar-refractivity contribution < 1.29 is 9.53 Å². The van der Waals surface area contributed by atoms with Gasteiger partial charge >= 0.3 is 0 Å². The number of ether oxygens (including phenoxy) is 1. The molecule has 0 N–H and O–H groups in total. The first-order chi connectivity index (χ1) is 16.6. The molecule has 3 heterocycles. The van der Waals surface area contributed by atoms with Gasteiger partial charge < -0.3 is 9.64 Å². The quantitative estimate of drug-likeness (QED) is 0.360. The molecule has 0 fully saturated rings. The average molecular weight is 475 g/mol. The van der Waals surface area contributed by atoms with E-state index >= 15 is 0 Å². The largest absolute Gasteiger partial charge is 0.494 e. The molecule has 0 unspecified atom stereocenters. The summed E-state index contributed by atoms with van der Waals surface area (Å²) in [5, 5.41) is 4.45. The number of hydrogen-bond acceptors (Lipinski definition) is 6. The van der Waals surface area contributed by atoms with Crippen LogP contribution in [0.4, 0.5) is 5.69 Å². The van der Waals surface area contributed by atoms with Crippen molar-refractivity contribution >= 4 is 33.5 Å². The molecule has 0 radical (unpaired) electrons. The van der Waals surface area contributed by atoms with E-state index in [1.54, 1.807) is 4.90 Å². The first-order valence-electron chi connectivity index (χ1n) is 11.7. The maximum Gasteiger partial charge on any atom is 0.291 e. The van der Waals surface area contributed by atoms with Crippen LogP contribution in [0.15, 0.2) is 53.3 Å². The summed E-state index contributed by atoms with van der Waals surface area (Å²) >= 11 is 1.21. The monoisotopic (exact) mass is 474 g/mol. The number of unbranched alkanes of at least 4 members (excludes halogenated alkanes) is 2. The number of benzene rings is 2. The maximum absolute atomic E-state index is 13.3. The number of thiazole rings is 1. The molecule has 1 amide bonds. The van der Waals surface area contributed by atoms with Gasteiger partial charge in [-0.15, -0.1) is 5.10 Å². The second kappa shape index (κ2) is 9.38. The highest BCUT2D eigenvalue weighted by atomic mass is 32.1. The van der Waals surface area contributed by atoms with E-state index in [-0.39, 0.29) is 11.5 Å². The van der Waals surface area contributed by atoms with Gasteiger partial charge in [0, 0.05) is 17.7 Å². The lowest BCUT2D eigenvalue weighted by atomic mass is 10.1. The Bertz CT molecular complexity index is 1460. The van der Waals surface area contributed by atoms with Gasteiger partial charge in [0.25, 0.3) is 11.5 Å². The van der Waals surface area contributed by atoms with E-state index in [2.05, 4.69) is 23.9 Å². The van der Waals surface area contributed by atoms with Crippen molar-refractivity contribution in [3.8, 4) is 17.1 Å². The van der Waals surface area contributed by atoms with Crippen LogP contribution in [0.25, 0.3) is 21.9 Å². The Morgan fingerprint density at radius 2 is 1.74 bits per heavy atom.